The van der Waals surface area contributed by atoms with Crippen LogP contribution in [0.15, 0.2) is 12.3 Å². The topological polar surface area (TPSA) is 83.2 Å². The number of carbonyl (C=O) groups excluding carboxylic acids is 2. The molecule has 2 amide bonds. The number of nitrogens with one attached hydrogen (secondary N) is 3. The predicted molar refractivity (Wildman–Crippen MR) is 88.4 cm³/mol. The molecule has 6 heteroatoms. The molecule has 6 nitrogen and oxygen atoms in total. The molecule has 0 spiro atoms. The second kappa shape index (κ2) is 7.06. The normalized spacial score (nSPS) is 21.0. The van der Waals surface area contributed by atoms with Crippen LogP contribution < -0.4 is 10.6 Å². The van der Waals surface area contributed by atoms with E-state index in [4.69, 9.17) is 4.74 Å². The van der Waals surface area contributed by atoms with E-state index < -0.39 is 5.60 Å². The average molecular weight is 321 g/mol. The van der Waals surface area contributed by atoms with Crippen LogP contribution in [0.3, 0.4) is 0 Å². The van der Waals surface area contributed by atoms with E-state index in [1.54, 1.807) is 12.3 Å². The predicted octanol–water partition coefficient (Wildman–Crippen LogP) is 2.75. The van der Waals surface area contributed by atoms with Gasteiger partial charge in [-0.2, -0.15) is 0 Å². The second-order valence-electron chi connectivity index (χ2n) is 7.17. The highest BCUT2D eigenvalue weighted by molar-refractivity contribution is 5.95. The lowest BCUT2D eigenvalue weighted by molar-refractivity contribution is 0.0493. The third kappa shape index (κ3) is 5.01. The molecule has 2 rings (SSSR count). The van der Waals surface area contributed by atoms with Crippen molar-refractivity contribution in [2.75, 3.05) is 6.54 Å². The van der Waals surface area contributed by atoms with E-state index in [0.29, 0.717) is 12.1 Å². The van der Waals surface area contributed by atoms with Crippen molar-refractivity contribution in [3.63, 3.8) is 0 Å². The van der Waals surface area contributed by atoms with E-state index in [1.165, 1.54) is 0 Å². The highest BCUT2D eigenvalue weighted by Gasteiger charge is 2.30. The Kier molecular flexibility index (Phi) is 5.34. The van der Waals surface area contributed by atoms with Gasteiger partial charge >= 0.3 is 6.09 Å². The number of aryl methyl sites for hydroxylation is 1. The molecule has 3 N–H and O–H groups in total. The van der Waals surface area contributed by atoms with Gasteiger partial charge in [-0.3, -0.25) is 4.79 Å². The smallest absolute Gasteiger partial charge is 0.407 e. The van der Waals surface area contributed by atoms with Gasteiger partial charge in [-0.1, -0.05) is 6.42 Å². The summed E-state index contributed by atoms with van der Waals surface area (Å²) >= 11 is 0. The van der Waals surface area contributed by atoms with Gasteiger partial charge in [0, 0.05) is 24.5 Å². The summed E-state index contributed by atoms with van der Waals surface area (Å²) in [6, 6.07) is 1.83. The number of H-pyrrole nitrogens is 1. The third-order valence-corrected chi connectivity index (χ3v) is 4.08. The average Bonchev–Trinajstić information content (AvgIpc) is 3.03. The van der Waals surface area contributed by atoms with Gasteiger partial charge in [0.15, 0.2) is 0 Å². The number of amides is 2. The molecule has 0 bridgehead atoms. The van der Waals surface area contributed by atoms with Gasteiger partial charge in [-0.15, -0.1) is 0 Å². The Balaban J connectivity index is 1.84. The summed E-state index contributed by atoms with van der Waals surface area (Å²) in [5, 5.41) is 5.91. The first-order chi connectivity index (χ1) is 10.8. The molecular formula is C17H27N3O3. The fraction of sp³-hybridized carbons (Fsp3) is 0.647. The number of rotatable bonds is 4. The quantitative estimate of drug-likeness (QED) is 0.797. The zero-order valence-corrected chi connectivity index (χ0v) is 14.4. The maximum atomic E-state index is 12.2. The lowest BCUT2D eigenvalue weighted by Crippen LogP contribution is -2.44. The first kappa shape index (κ1) is 17.4. The summed E-state index contributed by atoms with van der Waals surface area (Å²) < 4.78 is 5.31. The molecule has 0 aromatic carbocycles. The highest BCUT2D eigenvalue weighted by Crippen LogP contribution is 2.25. The first-order valence-electron chi connectivity index (χ1n) is 8.18. The standard InChI is InChI=1S/C17H27N3O3/c1-11-13(8-9-18-11)15(21)19-10-12-6-5-7-14(12)20-16(22)23-17(2,3)4/h8-9,12,14,18H,5-7,10H2,1-4H3,(H,19,21)(H,20,22)/t12-,14+/m0/s1. The van der Waals surface area contributed by atoms with E-state index in [9.17, 15) is 9.59 Å². The van der Waals surface area contributed by atoms with Crippen molar-refractivity contribution in [1.82, 2.24) is 15.6 Å². The van der Waals surface area contributed by atoms with Crippen LogP contribution in [-0.2, 0) is 4.74 Å². The Morgan fingerprint density at radius 1 is 1.35 bits per heavy atom. The van der Waals surface area contributed by atoms with Gasteiger partial charge < -0.3 is 20.4 Å². The van der Waals surface area contributed by atoms with Crippen molar-refractivity contribution in [2.45, 2.75) is 58.6 Å². The van der Waals surface area contributed by atoms with Gasteiger partial charge in [-0.05, 0) is 52.5 Å². The van der Waals surface area contributed by atoms with Crippen molar-refractivity contribution in [1.29, 1.82) is 0 Å². The molecule has 0 saturated heterocycles. The van der Waals surface area contributed by atoms with Crippen LogP contribution in [0, 0.1) is 12.8 Å². The molecule has 1 aliphatic rings. The Morgan fingerprint density at radius 2 is 2.09 bits per heavy atom. The minimum atomic E-state index is -0.502. The summed E-state index contributed by atoms with van der Waals surface area (Å²) in [4.78, 5) is 27.1. The van der Waals surface area contributed by atoms with Crippen LogP contribution in [0.25, 0.3) is 0 Å². The summed E-state index contributed by atoms with van der Waals surface area (Å²) in [6.07, 6.45) is 4.33. The van der Waals surface area contributed by atoms with Crippen LogP contribution >= 0.6 is 0 Å². The molecule has 1 aromatic rings. The van der Waals surface area contributed by atoms with Gasteiger partial charge in [0.2, 0.25) is 0 Å². The molecule has 1 saturated carbocycles. The zero-order valence-electron chi connectivity index (χ0n) is 14.4. The Hall–Kier alpha value is -1.98. The lowest BCUT2D eigenvalue weighted by Gasteiger charge is -2.25. The Bertz CT molecular complexity index is 560. The van der Waals surface area contributed by atoms with Gasteiger partial charge in [0.1, 0.15) is 5.60 Å². The van der Waals surface area contributed by atoms with Gasteiger partial charge in [0.05, 0.1) is 5.56 Å². The van der Waals surface area contributed by atoms with Crippen LogP contribution in [0.2, 0.25) is 0 Å². The molecule has 23 heavy (non-hydrogen) atoms. The van der Waals surface area contributed by atoms with Crippen molar-refractivity contribution in [2.24, 2.45) is 5.92 Å². The highest BCUT2D eigenvalue weighted by atomic mass is 16.6. The fourth-order valence-electron chi connectivity index (χ4n) is 2.95. The van der Waals surface area contributed by atoms with Crippen molar-refractivity contribution >= 4 is 12.0 Å². The number of ether oxygens (including phenoxy) is 1. The Morgan fingerprint density at radius 3 is 2.70 bits per heavy atom. The molecule has 1 heterocycles. The fourth-order valence-corrected chi connectivity index (χ4v) is 2.95. The van der Waals surface area contributed by atoms with Gasteiger partial charge in [0.25, 0.3) is 5.91 Å². The van der Waals surface area contributed by atoms with Crippen molar-refractivity contribution in [3.05, 3.63) is 23.5 Å². The number of aromatic nitrogens is 1. The molecule has 0 radical (unpaired) electrons. The SMILES string of the molecule is Cc1[nH]ccc1C(=O)NC[C@@H]1CCC[C@H]1NC(=O)OC(C)(C)C. The van der Waals surface area contributed by atoms with E-state index in [-0.39, 0.29) is 24.0 Å². The second-order valence-corrected chi connectivity index (χ2v) is 7.17. The van der Waals surface area contributed by atoms with Crippen LogP contribution in [0.4, 0.5) is 4.79 Å². The Labute approximate surface area is 137 Å². The largest absolute Gasteiger partial charge is 0.444 e. The molecular weight excluding hydrogens is 294 g/mol. The van der Waals surface area contributed by atoms with Crippen LogP contribution in [-0.4, -0.2) is 35.2 Å². The van der Waals surface area contributed by atoms with Crippen molar-refractivity contribution < 1.29 is 14.3 Å². The molecule has 1 aliphatic carbocycles. The molecule has 0 aliphatic heterocycles. The third-order valence-electron chi connectivity index (χ3n) is 4.08. The zero-order chi connectivity index (χ0) is 17.0. The summed E-state index contributed by atoms with van der Waals surface area (Å²) in [7, 11) is 0. The van der Waals surface area contributed by atoms with E-state index in [0.717, 1.165) is 25.0 Å². The van der Waals surface area contributed by atoms with E-state index >= 15 is 0 Å². The molecule has 1 fully saturated rings. The van der Waals surface area contributed by atoms with Crippen molar-refractivity contribution in [3.8, 4) is 0 Å². The maximum absolute atomic E-state index is 12.2. The summed E-state index contributed by atoms with van der Waals surface area (Å²) in [5.41, 5.74) is 1.02. The van der Waals surface area contributed by atoms with E-state index in [2.05, 4.69) is 15.6 Å². The summed E-state index contributed by atoms with van der Waals surface area (Å²) in [5.74, 6) is 0.164. The van der Waals surface area contributed by atoms with Gasteiger partial charge in [-0.25, -0.2) is 4.79 Å². The van der Waals surface area contributed by atoms with E-state index in [1.807, 2.05) is 27.7 Å². The lowest BCUT2D eigenvalue weighted by atomic mass is 10.0. The first-order valence-corrected chi connectivity index (χ1v) is 8.18. The minimum Gasteiger partial charge on any atom is -0.444 e. The number of hydrogen-bond donors (Lipinski definition) is 3. The van der Waals surface area contributed by atoms with Crippen LogP contribution in [0.5, 0.6) is 0 Å². The minimum absolute atomic E-state index is 0.0532. The number of alkyl carbamates (subject to hydrolysis) is 1. The number of aromatic amines is 1. The maximum Gasteiger partial charge on any atom is 0.407 e. The molecule has 1 aromatic heterocycles. The molecule has 128 valence electrons. The van der Waals surface area contributed by atoms with Crippen LogP contribution in [0.1, 0.15) is 56.1 Å². The molecule has 0 unspecified atom stereocenters. The number of hydrogen-bond acceptors (Lipinski definition) is 3. The number of carbonyl (C=O) groups is 2. The summed E-state index contributed by atoms with van der Waals surface area (Å²) in [6.45, 7) is 7.97. The molecule has 2 atom stereocenters. The monoisotopic (exact) mass is 321 g/mol.